The van der Waals surface area contributed by atoms with Crippen LogP contribution in [0.4, 0.5) is 4.39 Å². The maximum absolute atomic E-state index is 13.4. The first-order chi connectivity index (χ1) is 14.3. The number of hydrogen-bond donors (Lipinski definition) is 0. The molecule has 0 N–H and O–H groups in total. The lowest BCUT2D eigenvalue weighted by Gasteiger charge is -2.34. The fraction of sp³-hybridized carbons (Fsp3) is 0.409. The average molecular weight is 434 g/mol. The molecule has 3 rings (SSSR count). The van der Waals surface area contributed by atoms with Gasteiger partial charge in [0.05, 0.1) is 4.90 Å². The molecule has 0 bridgehead atoms. The Balaban J connectivity index is 1.61. The van der Waals surface area contributed by atoms with Crippen LogP contribution in [0.15, 0.2) is 53.4 Å². The number of carbonyl (C=O) groups is 1. The van der Waals surface area contributed by atoms with E-state index in [2.05, 4.69) is 18.7 Å². The molecule has 30 heavy (non-hydrogen) atoms. The molecule has 1 fully saturated rings. The van der Waals surface area contributed by atoms with Crippen molar-refractivity contribution < 1.29 is 17.6 Å². The quantitative estimate of drug-likeness (QED) is 0.674. The van der Waals surface area contributed by atoms with Gasteiger partial charge in [-0.1, -0.05) is 32.0 Å². The summed E-state index contributed by atoms with van der Waals surface area (Å²) in [4.78, 5) is 16.7. The lowest BCUT2D eigenvalue weighted by atomic mass is 10.1. The van der Waals surface area contributed by atoms with Gasteiger partial charge in [-0.15, -0.1) is 0 Å². The Morgan fingerprint density at radius 3 is 2.20 bits per heavy atom. The number of nitrogens with zero attached hydrogens (tertiary/aromatic N) is 3. The number of amides is 1. The fourth-order valence-corrected chi connectivity index (χ4v) is 5.00. The number of carbonyl (C=O) groups excluding carboxylic acids is 1. The van der Waals surface area contributed by atoms with E-state index in [9.17, 15) is 17.6 Å². The summed E-state index contributed by atoms with van der Waals surface area (Å²) in [5.74, 6) is -0.693. The molecule has 0 saturated carbocycles. The molecule has 1 aliphatic rings. The first-order valence-electron chi connectivity index (χ1n) is 10.2. The SMILES string of the molecule is CCN(CC)Cc1ccc(C(=O)N2CCN(S(=O)(=O)c3cccc(F)c3)CC2)cc1. The zero-order valence-electron chi connectivity index (χ0n) is 17.4. The van der Waals surface area contributed by atoms with Gasteiger partial charge in [0.25, 0.3) is 5.91 Å². The lowest BCUT2D eigenvalue weighted by molar-refractivity contribution is 0.0698. The molecule has 162 valence electrons. The van der Waals surface area contributed by atoms with Crippen molar-refractivity contribution >= 4 is 15.9 Å². The molecule has 6 nitrogen and oxygen atoms in total. The average Bonchev–Trinajstić information content (AvgIpc) is 2.77. The van der Waals surface area contributed by atoms with Gasteiger partial charge in [-0.25, -0.2) is 12.8 Å². The van der Waals surface area contributed by atoms with Gasteiger partial charge in [0.2, 0.25) is 10.0 Å². The Morgan fingerprint density at radius 1 is 1.00 bits per heavy atom. The van der Waals surface area contributed by atoms with E-state index in [1.165, 1.54) is 22.5 Å². The van der Waals surface area contributed by atoms with Crippen molar-refractivity contribution in [1.82, 2.24) is 14.1 Å². The Morgan fingerprint density at radius 2 is 1.63 bits per heavy atom. The highest BCUT2D eigenvalue weighted by Gasteiger charge is 2.30. The summed E-state index contributed by atoms with van der Waals surface area (Å²) in [6, 6.07) is 12.6. The van der Waals surface area contributed by atoms with Gasteiger partial charge in [-0.2, -0.15) is 4.31 Å². The van der Waals surface area contributed by atoms with Gasteiger partial charge < -0.3 is 4.90 Å². The standard InChI is InChI=1S/C22H28FN3O3S/c1-3-24(4-2)17-18-8-10-19(11-9-18)22(27)25-12-14-26(15-13-25)30(28,29)21-7-5-6-20(23)16-21/h5-11,16H,3-4,12-15,17H2,1-2H3. The summed E-state index contributed by atoms with van der Waals surface area (Å²) in [6.07, 6.45) is 0. The Hall–Kier alpha value is -2.29. The second kappa shape index (κ2) is 9.68. The van der Waals surface area contributed by atoms with Crippen molar-refractivity contribution in [2.45, 2.75) is 25.3 Å². The molecular formula is C22H28FN3O3S. The zero-order chi connectivity index (χ0) is 21.7. The smallest absolute Gasteiger partial charge is 0.253 e. The Bertz CT molecular complexity index is 967. The largest absolute Gasteiger partial charge is 0.336 e. The van der Waals surface area contributed by atoms with Crippen LogP contribution in [-0.4, -0.2) is 67.7 Å². The number of rotatable bonds is 7. The van der Waals surface area contributed by atoms with Gasteiger partial charge in [-0.05, 0) is 49.0 Å². The second-order valence-corrected chi connectivity index (χ2v) is 9.25. The van der Waals surface area contributed by atoms with Crippen LogP contribution in [-0.2, 0) is 16.6 Å². The van der Waals surface area contributed by atoms with E-state index in [1.54, 1.807) is 4.90 Å². The third-order valence-electron chi connectivity index (χ3n) is 5.46. The lowest BCUT2D eigenvalue weighted by Crippen LogP contribution is -2.50. The minimum atomic E-state index is -3.77. The van der Waals surface area contributed by atoms with E-state index in [0.29, 0.717) is 18.7 Å². The maximum atomic E-state index is 13.4. The van der Waals surface area contributed by atoms with Crippen LogP contribution >= 0.6 is 0 Å². The second-order valence-electron chi connectivity index (χ2n) is 7.31. The van der Waals surface area contributed by atoms with E-state index in [4.69, 9.17) is 0 Å². The van der Waals surface area contributed by atoms with E-state index < -0.39 is 15.8 Å². The minimum absolute atomic E-state index is 0.0638. The first kappa shape index (κ1) is 22.4. The number of benzene rings is 2. The third-order valence-corrected chi connectivity index (χ3v) is 7.36. The monoisotopic (exact) mass is 433 g/mol. The zero-order valence-corrected chi connectivity index (χ0v) is 18.2. The Kier molecular flexibility index (Phi) is 7.23. The summed E-state index contributed by atoms with van der Waals surface area (Å²) >= 11 is 0. The molecule has 1 saturated heterocycles. The molecule has 1 amide bonds. The van der Waals surface area contributed by atoms with Crippen LogP contribution in [0.1, 0.15) is 29.8 Å². The van der Waals surface area contributed by atoms with Crippen molar-refractivity contribution in [3.05, 3.63) is 65.5 Å². The molecule has 2 aromatic rings. The highest BCUT2D eigenvalue weighted by molar-refractivity contribution is 7.89. The van der Waals surface area contributed by atoms with Gasteiger partial charge in [-0.3, -0.25) is 9.69 Å². The Labute approximate surface area is 177 Å². The molecule has 0 spiro atoms. The van der Waals surface area contributed by atoms with E-state index in [1.807, 2.05) is 24.3 Å². The normalized spacial score (nSPS) is 15.5. The van der Waals surface area contributed by atoms with Gasteiger partial charge >= 0.3 is 0 Å². The molecule has 0 radical (unpaired) electrons. The van der Waals surface area contributed by atoms with Crippen LogP contribution in [0.3, 0.4) is 0 Å². The molecule has 8 heteroatoms. The van der Waals surface area contributed by atoms with Crippen LogP contribution < -0.4 is 0 Å². The van der Waals surface area contributed by atoms with Crippen LogP contribution in [0.2, 0.25) is 0 Å². The molecule has 0 atom stereocenters. The number of sulfonamides is 1. The van der Waals surface area contributed by atoms with Crippen LogP contribution in [0.25, 0.3) is 0 Å². The summed E-state index contributed by atoms with van der Waals surface area (Å²) in [5, 5.41) is 0. The molecule has 0 aliphatic carbocycles. The predicted octanol–water partition coefficient (Wildman–Crippen LogP) is 2.81. The molecule has 1 aliphatic heterocycles. The number of hydrogen-bond acceptors (Lipinski definition) is 4. The van der Waals surface area contributed by atoms with E-state index in [0.717, 1.165) is 31.3 Å². The van der Waals surface area contributed by atoms with Gasteiger partial charge in [0.1, 0.15) is 5.82 Å². The highest BCUT2D eigenvalue weighted by atomic mass is 32.2. The third kappa shape index (κ3) is 5.06. The fourth-order valence-electron chi connectivity index (χ4n) is 3.55. The molecule has 0 aromatic heterocycles. The van der Waals surface area contributed by atoms with Crippen LogP contribution in [0.5, 0.6) is 0 Å². The summed E-state index contributed by atoms with van der Waals surface area (Å²) in [7, 11) is -3.77. The number of piperazine rings is 1. The van der Waals surface area contributed by atoms with E-state index >= 15 is 0 Å². The molecule has 2 aromatic carbocycles. The van der Waals surface area contributed by atoms with Crippen molar-refractivity contribution in [3.8, 4) is 0 Å². The summed E-state index contributed by atoms with van der Waals surface area (Å²) in [6.45, 7) is 8.00. The topological polar surface area (TPSA) is 60.9 Å². The van der Waals surface area contributed by atoms with E-state index in [-0.39, 0.29) is 23.9 Å². The molecular weight excluding hydrogens is 405 g/mol. The number of halogens is 1. The predicted molar refractivity (Wildman–Crippen MR) is 114 cm³/mol. The van der Waals surface area contributed by atoms with Crippen LogP contribution in [0, 0.1) is 5.82 Å². The minimum Gasteiger partial charge on any atom is -0.336 e. The first-order valence-corrected chi connectivity index (χ1v) is 11.7. The molecule has 0 unspecified atom stereocenters. The maximum Gasteiger partial charge on any atom is 0.253 e. The summed E-state index contributed by atoms with van der Waals surface area (Å²) in [5.41, 5.74) is 1.75. The van der Waals surface area contributed by atoms with Crippen molar-refractivity contribution in [2.24, 2.45) is 0 Å². The van der Waals surface area contributed by atoms with Crippen molar-refractivity contribution in [2.75, 3.05) is 39.3 Å². The van der Waals surface area contributed by atoms with Gasteiger partial charge in [0.15, 0.2) is 0 Å². The highest BCUT2D eigenvalue weighted by Crippen LogP contribution is 2.19. The van der Waals surface area contributed by atoms with Gasteiger partial charge in [0, 0.05) is 38.3 Å². The van der Waals surface area contributed by atoms with Crippen molar-refractivity contribution in [3.63, 3.8) is 0 Å². The summed E-state index contributed by atoms with van der Waals surface area (Å²) < 4.78 is 40.2. The molecule has 1 heterocycles. The van der Waals surface area contributed by atoms with Crippen molar-refractivity contribution in [1.29, 1.82) is 0 Å².